The first-order valence-electron chi connectivity index (χ1n) is 9.76. The van der Waals surface area contributed by atoms with Crippen molar-refractivity contribution in [1.82, 2.24) is 9.55 Å². The number of benzene rings is 2. The predicted octanol–water partition coefficient (Wildman–Crippen LogP) is 5.44. The second kappa shape index (κ2) is 8.61. The van der Waals surface area contributed by atoms with Crippen molar-refractivity contribution in [1.29, 1.82) is 0 Å². The normalized spacial score (nSPS) is 11.3. The van der Waals surface area contributed by atoms with Gasteiger partial charge in [0.25, 0.3) is 0 Å². The Labute approximate surface area is 183 Å². The molecular weight excluding hydrogens is 410 g/mol. The number of amides is 1. The van der Waals surface area contributed by atoms with E-state index in [1.165, 1.54) is 4.57 Å². The predicted molar refractivity (Wildman–Crippen MR) is 124 cm³/mol. The fourth-order valence-electron chi connectivity index (χ4n) is 3.21. The summed E-state index contributed by atoms with van der Waals surface area (Å²) in [5, 5.41) is 11.5. The number of hydrogen-bond donors (Lipinski definition) is 1. The van der Waals surface area contributed by atoms with Crippen LogP contribution in [0.2, 0.25) is 0 Å². The molecule has 0 aliphatic carbocycles. The first kappa shape index (κ1) is 20.6. The third kappa shape index (κ3) is 4.44. The van der Waals surface area contributed by atoms with Gasteiger partial charge in [-0.15, -0.1) is 5.11 Å². The van der Waals surface area contributed by atoms with Crippen LogP contribution in [0, 0.1) is 20.8 Å². The van der Waals surface area contributed by atoms with Crippen molar-refractivity contribution in [2.75, 3.05) is 5.32 Å². The van der Waals surface area contributed by atoms with E-state index in [9.17, 15) is 9.59 Å². The highest BCUT2D eigenvalue weighted by atomic mass is 32.1. The minimum Gasteiger partial charge on any atom is -0.325 e. The van der Waals surface area contributed by atoms with E-state index in [0.717, 1.165) is 28.2 Å². The van der Waals surface area contributed by atoms with Crippen LogP contribution in [0.5, 0.6) is 0 Å². The van der Waals surface area contributed by atoms with E-state index in [-0.39, 0.29) is 17.3 Å². The Morgan fingerprint density at radius 2 is 1.74 bits per heavy atom. The summed E-state index contributed by atoms with van der Waals surface area (Å²) in [4.78, 5) is 29.5. The summed E-state index contributed by atoms with van der Waals surface area (Å²) < 4.78 is 2.11. The average molecular weight is 432 g/mol. The molecule has 1 amide bonds. The Morgan fingerprint density at radius 3 is 2.45 bits per heavy atom. The second-order valence-electron chi connectivity index (χ2n) is 7.23. The maximum atomic E-state index is 12.6. The van der Waals surface area contributed by atoms with Crippen molar-refractivity contribution in [2.24, 2.45) is 10.2 Å². The monoisotopic (exact) mass is 431 g/mol. The minimum absolute atomic E-state index is 0.108. The summed E-state index contributed by atoms with van der Waals surface area (Å²) in [5.74, 6) is -0.282. The van der Waals surface area contributed by atoms with Gasteiger partial charge in [-0.25, -0.2) is 4.98 Å². The van der Waals surface area contributed by atoms with Gasteiger partial charge in [0.15, 0.2) is 5.65 Å². The smallest absolute Gasteiger partial charge is 0.309 e. The topological polar surface area (TPSA) is 88.7 Å². The number of hydrogen-bond acceptors (Lipinski definition) is 6. The fourth-order valence-corrected chi connectivity index (χ4v) is 4.15. The van der Waals surface area contributed by atoms with E-state index < -0.39 is 0 Å². The molecule has 0 aliphatic rings. The molecule has 0 fully saturated rings. The molecule has 0 spiro atoms. The molecule has 4 aromatic rings. The van der Waals surface area contributed by atoms with Gasteiger partial charge in [-0.2, -0.15) is 5.11 Å². The van der Waals surface area contributed by atoms with Crippen LogP contribution < -0.4 is 10.2 Å². The number of thiazole rings is 1. The third-order valence-corrected chi connectivity index (χ3v) is 5.93. The highest BCUT2D eigenvalue weighted by Crippen LogP contribution is 2.32. The van der Waals surface area contributed by atoms with Crippen LogP contribution in [0.25, 0.3) is 10.3 Å². The number of pyridine rings is 1. The highest BCUT2D eigenvalue weighted by Gasteiger charge is 2.18. The molecule has 156 valence electrons. The third-order valence-electron chi connectivity index (χ3n) is 4.84. The molecule has 8 heteroatoms. The van der Waals surface area contributed by atoms with Crippen molar-refractivity contribution in [3.05, 3.63) is 81.1 Å². The Balaban J connectivity index is 1.64. The summed E-state index contributed by atoms with van der Waals surface area (Å²) in [6.45, 7) is 5.59. The van der Waals surface area contributed by atoms with Crippen molar-refractivity contribution in [3.8, 4) is 0 Å². The number of carbonyl (C=O) groups excluding carboxylic acids is 1. The molecule has 0 unspecified atom stereocenters. The van der Waals surface area contributed by atoms with Crippen molar-refractivity contribution in [3.63, 3.8) is 0 Å². The van der Waals surface area contributed by atoms with E-state index in [1.807, 2.05) is 75.4 Å². The Hall–Kier alpha value is -3.65. The summed E-state index contributed by atoms with van der Waals surface area (Å²) in [6, 6.07) is 16.9. The van der Waals surface area contributed by atoms with Crippen molar-refractivity contribution in [2.45, 2.75) is 27.3 Å². The lowest BCUT2D eigenvalue weighted by atomic mass is 10.2. The standard InChI is InChI=1S/C23H21N5O2S/c1-14-9-11-17(12-10-14)25-19(29)13-28-22-21(31-23(28)30)15(2)20(16(3)24-22)27-26-18-7-5-4-6-8-18/h4-12H,13H2,1-3H3,(H,25,29). The van der Waals surface area contributed by atoms with Crippen LogP contribution in [0.15, 0.2) is 69.6 Å². The van der Waals surface area contributed by atoms with E-state index in [0.29, 0.717) is 27.4 Å². The molecular formula is C23H21N5O2S. The van der Waals surface area contributed by atoms with Gasteiger partial charge in [0.1, 0.15) is 12.2 Å². The van der Waals surface area contributed by atoms with E-state index >= 15 is 0 Å². The van der Waals surface area contributed by atoms with Crippen molar-refractivity contribution >= 4 is 44.7 Å². The lowest BCUT2D eigenvalue weighted by Gasteiger charge is -2.08. The second-order valence-corrected chi connectivity index (χ2v) is 8.19. The number of nitrogens with zero attached hydrogens (tertiary/aromatic N) is 4. The molecule has 2 aromatic heterocycles. The van der Waals surface area contributed by atoms with E-state index in [1.54, 1.807) is 0 Å². The van der Waals surface area contributed by atoms with Gasteiger partial charge in [0.2, 0.25) is 5.91 Å². The molecule has 0 saturated carbocycles. The molecule has 0 bridgehead atoms. The number of anilines is 1. The molecule has 0 atom stereocenters. The molecule has 2 heterocycles. The van der Waals surface area contributed by atoms with Crippen LogP contribution in [0.4, 0.5) is 17.1 Å². The van der Waals surface area contributed by atoms with Crippen LogP contribution in [-0.4, -0.2) is 15.5 Å². The number of rotatable bonds is 5. The van der Waals surface area contributed by atoms with Gasteiger partial charge in [-0.3, -0.25) is 14.2 Å². The average Bonchev–Trinajstić information content (AvgIpc) is 3.06. The van der Waals surface area contributed by atoms with E-state index in [4.69, 9.17) is 0 Å². The number of nitrogens with one attached hydrogen (secondary N) is 1. The zero-order valence-electron chi connectivity index (χ0n) is 17.4. The van der Waals surface area contributed by atoms with Crippen molar-refractivity contribution < 1.29 is 4.79 Å². The van der Waals surface area contributed by atoms with Crippen LogP contribution in [-0.2, 0) is 11.3 Å². The highest BCUT2D eigenvalue weighted by molar-refractivity contribution is 7.16. The van der Waals surface area contributed by atoms with Gasteiger partial charge >= 0.3 is 4.87 Å². The van der Waals surface area contributed by atoms with Gasteiger partial charge in [-0.1, -0.05) is 47.2 Å². The van der Waals surface area contributed by atoms with Gasteiger partial charge in [0, 0.05) is 5.69 Å². The maximum Gasteiger partial charge on any atom is 0.309 e. The SMILES string of the molecule is Cc1ccc(NC(=O)Cn2c(=O)sc3c(C)c(N=Nc4ccccc4)c(C)nc32)cc1. The van der Waals surface area contributed by atoms with Gasteiger partial charge in [-0.05, 0) is 50.6 Å². The lowest BCUT2D eigenvalue weighted by molar-refractivity contribution is -0.116. The number of carbonyl (C=O) groups is 1. The molecule has 7 nitrogen and oxygen atoms in total. The zero-order valence-corrected chi connectivity index (χ0v) is 18.2. The van der Waals surface area contributed by atoms with Crippen LogP contribution >= 0.6 is 11.3 Å². The first-order valence-corrected chi connectivity index (χ1v) is 10.6. The summed E-state index contributed by atoms with van der Waals surface area (Å²) in [6.07, 6.45) is 0. The van der Waals surface area contributed by atoms with Gasteiger partial charge in [0.05, 0.1) is 16.1 Å². The van der Waals surface area contributed by atoms with E-state index in [2.05, 4.69) is 20.5 Å². The quantitative estimate of drug-likeness (QED) is 0.427. The molecule has 31 heavy (non-hydrogen) atoms. The number of azo groups is 1. The molecule has 1 N–H and O–H groups in total. The molecule has 4 rings (SSSR count). The first-order chi connectivity index (χ1) is 14.9. The Morgan fingerprint density at radius 1 is 1.03 bits per heavy atom. The maximum absolute atomic E-state index is 12.6. The summed E-state index contributed by atoms with van der Waals surface area (Å²) in [7, 11) is 0. The summed E-state index contributed by atoms with van der Waals surface area (Å²) in [5.41, 5.74) is 5.12. The van der Waals surface area contributed by atoms with Crippen LogP contribution in [0.3, 0.4) is 0 Å². The molecule has 2 aromatic carbocycles. The zero-order chi connectivity index (χ0) is 22.0. The Kier molecular flexibility index (Phi) is 5.73. The fraction of sp³-hybridized carbons (Fsp3) is 0.174. The Bertz CT molecular complexity index is 1340. The molecule has 0 aliphatic heterocycles. The van der Waals surface area contributed by atoms with Crippen LogP contribution in [0.1, 0.15) is 16.8 Å². The number of aryl methyl sites for hydroxylation is 3. The largest absolute Gasteiger partial charge is 0.325 e. The summed E-state index contributed by atoms with van der Waals surface area (Å²) >= 11 is 1.06. The number of aromatic nitrogens is 2. The van der Waals surface area contributed by atoms with Gasteiger partial charge < -0.3 is 5.32 Å². The minimum atomic E-state index is -0.282. The number of fused-ring (bicyclic) bond motifs is 1. The molecule has 0 radical (unpaired) electrons. The lowest BCUT2D eigenvalue weighted by Crippen LogP contribution is -2.24. The molecule has 0 saturated heterocycles.